The molecular weight excluding hydrogens is 329 g/mol. The maximum absolute atomic E-state index is 13.8. The zero-order valence-corrected chi connectivity index (χ0v) is 16.2. The van der Waals surface area contributed by atoms with Crippen molar-refractivity contribution < 1.29 is 13.9 Å². The number of ether oxygens (including phenoxy) is 1. The van der Waals surface area contributed by atoms with Gasteiger partial charge in [-0.15, -0.1) is 0 Å². The van der Waals surface area contributed by atoms with Crippen LogP contribution in [0.25, 0.3) is 0 Å². The smallest absolute Gasteiger partial charge is 0.222 e. The fraction of sp³-hybridized carbons (Fsp3) is 0.682. The molecule has 3 aliphatic rings. The van der Waals surface area contributed by atoms with Crippen molar-refractivity contribution in [2.24, 2.45) is 28.6 Å². The Balaban J connectivity index is 1.69. The van der Waals surface area contributed by atoms with Crippen molar-refractivity contribution in [3.8, 4) is 0 Å². The van der Waals surface area contributed by atoms with Crippen LogP contribution in [0.2, 0.25) is 0 Å². The summed E-state index contributed by atoms with van der Waals surface area (Å²) in [7, 11) is 0. The predicted molar refractivity (Wildman–Crippen MR) is 98.9 cm³/mol. The van der Waals surface area contributed by atoms with Gasteiger partial charge in [0.15, 0.2) is 0 Å². The summed E-state index contributed by atoms with van der Waals surface area (Å²) in [6, 6.07) is 7.00. The minimum Gasteiger partial charge on any atom is -0.373 e. The van der Waals surface area contributed by atoms with E-state index in [-0.39, 0.29) is 40.6 Å². The standard InChI is InChI=1S/C22H30FNO2/c1-13(2)19(25)24-20-21(3,4)15-11-17-18(14-6-5-7-16(23)10-14)26-9-8-22(17,20)12-15/h5-7,10,13,15,17-18,20H,8-9,11-12H2,1-4H3,(H,24,25)/t15-,17-,18-,20-,22-/m1/s1. The molecule has 4 heteroatoms. The number of benzene rings is 1. The minimum atomic E-state index is -0.209. The third-order valence-electron chi connectivity index (χ3n) is 7.49. The second kappa shape index (κ2) is 6.05. The average molecular weight is 359 g/mol. The Morgan fingerprint density at radius 2 is 2.12 bits per heavy atom. The predicted octanol–water partition coefficient (Wildman–Crippen LogP) is 4.48. The number of hydrogen-bond acceptors (Lipinski definition) is 2. The lowest BCUT2D eigenvalue weighted by molar-refractivity contribution is -0.139. The van der Waals surface area contributed by atoms with Gasteiger partial charge >= 0.3 is 0 Å². The van der Waals surface area contributed by atoms with Crippen molar-refractivity contribution >= 4 is 5.91 Å². The lowest BCUT2D eigenvalue weighted by Gasteiger charge is -2.53. The normalized spacial score (nSPS) is 37.6. The molecule has 26 heavy (non-hydrogen) atoms. The molecule has 1 saturated heterocycles. The lowest BCUT2D eigenvalue weighted by atomic mass is 9.58. The Hall–Kier alpha value is -1.42. The third kappa shape index (κ3) is 2.52. The molecule has 1 heterocycles. The van der Waals surface area contributed by atoms with Gasteiger partial charge < -0.3 is 10.1 Å². The molecule has 5 atom stereocenters. The van der Waals surface area contributed by atoms with Gasteiger partial charge in [-0.1, -0.05) is 39.8 Å². The molecule has 0 unspecified atom stereocenters. The number of carbonyl (C=O) groups excluding carboxylic acids is 1. The Bertz CT molecular complexity index is 716. The van der Waals surface area contributed by atoms with Crippen molar-refractivity contribution in [2.45, 2.75) is 59.1 Å². The number of rotatable bonds is 3. The zero-order valence-electron chi connectivity index (χ0n) is 16.2. The van der Waals surface area contributed by atoms with Crippen LogP contribution in [0.3, 0.4) is 0 Å². The first-order valence-electron chi connectivity index (χ1n) is 9.93. The van der Waals surface area contributed by atoms with Crippen molar-refractivity contribution in [1.29, 1.82) is 0 Å². The highest BCUT2D eigenvalue weighted by atomic mass is 19.1. The summed E-state index contributed by atoms with van der Waals surface area (Å²) in [4.78, 5) is 12.5. The van der Waals surface area contributed by atoms with E-state index in [0.29, 0.717) is 18.4 Å². The first-order chi connectivity index (χ1) is 12.3. The van der Waals surface area contributed by atoms with Crippen LogP contribution in [-0.4, -0.2) is 18.6 Å². The monoisotopic (exact) mass is 359 g/mol. The molecule has 142 valence electrons. The van der Waals surface area contributed by atoms with Gasteiger partial charge in [-0.2, -0.15) is 0 Å². The first kappa shape index (κ1) is 18.0. The van der Waals surface area contributed by atoms with E-state index in [1.54, 1.807) is 12.1 Å². The van der Waals surface area contributed by atoms with Crippen molar-refractivity contribution in [3.63, 3.8) is 0 Å². The Kier molecular flexibility index (Phi) is 4.18. The molecule has 1 aliphatic heterocycles. The molecule has 1 spiro atoms. The number of amides is 1. The third-order valence-corrected chi connectivity index (χ3v) is 7.49. The summed E-state index contributed by atoms with van der Waals surface area (Å²) in [6.07, 6.45) is 3.15. The Labute approximate surface area is 155 Å². The topological polar surface area (TPSA) is 38.3 Å². The van der Waals surface area contributed by atoms with Gasteiger partial charge in [-0.3, -0.25) is 4.79 Å². The van der Waals surface area contributed by atoms with Gasteiger partial charge in [0, 0.05) is 18.6 Å². The van der Waals surface area contributed by atoms with E-state index < -0.39 is 0 Å². The summed E-state index contributed by atoms with van der Waals surface area (Å²) in [5, 5.41) is 3.40. The number of fused-ring (bicyclic) bond motifs is 1. The van der Waals surface area contributed by atoms with Gasteiger partial charge in [-0.05, 0) is 59.6 Å². The van der Waals surface area contributed by atoms with E-state index >= 15 is 0 Å². The van der Waals surface area contributed by atoms with Crippen LogP contribution in [0.4, 0.5) is 4.39 Å². The van der Waals surface area contributed by atoms with E-state index in [1.807, 2.05) is 19.9 Å². The summed E-state index contributed by atoms with van der Waals surface area (Å²) >= 11 is 0. The van der Waals surface area contributed by atoms with Crippen LogP contribution in [-0.2, 0) is 9.53 Å². The Morgan fingerprint density at radius 3 is 2.81 bits per heavy atom. The van der Waals surface area contributed by atoms with Gasteiger partial charge in [0.2, 0.25) is 5.91 Å². The molecular formula is C22H30FNO2. The van der Waals surface area contributed by atoms with Gasteiger partial charge in [0.25, 0.3) is 0 Å². The zero-order chi connectivity index (χ0) is 18.7. The summed E-state index contributed by atoms with van der Waals surface area (Å²) in [5.74, 6) is 0.825. The van der Waals surface area contributed by atoms with E-state index in [9.17, 15) is 9.18 Å². The van der Waals surface area contributed by atoms with E-state index in [1.165, 1.54) is 6.07 Å². The van der Waals surface area contributed by atoms with Gasteiger partial charge in [0.05, 0.1) is 6.10 Å². The highest BCUT2D eigenvalue weighted by Gasteiger charge is 2.68. The molecule has 2 saturated carbocycles. The highest BCUT2D eigenvalue weighted by molar-refractivity contribution is 5.78. The fourth-order valence-electron chi connectivity index (χ4n) is 6.11. The molecule has 4 rings (SSSR count). The molecule has 1 aromatic carbocycles. The minimum absolute atomic E-state index is 0.0152. The molecule has 0 aromatic heterocycles. The number of nitrogens with one attached hydrogen (secondary N) is 1. The van der Waals surface area contributed by atoms with Crippen LogP contribution in [0, 0.1) is 34.4 Å². The molecule has 3 fully saturated rings. The second-order valence-corrected chi connectivity index (χ2v) is 9.49. The molecule has 0 radical (unpaired) electrons. The van der Waals surface area contributed by atoms with E-state index in [0.717, 1.165) is 24.8 Å². The quantitative estimate of drug-likeness (QED) is 0.864. The maximum atomic E-state index is 13.8. The maximum Gasteiger partial charge on any atom is 0.222 e. The van der Waals surface area contributed by atoms with Crippen LogP contribution in [0.1, 0.15) is 58.6 Å². The average Bonchev–Trinajstić information content (AvgIpc) is 3.07. The van der Waals surface area contributed by atoms with Crippen LogP contribution < -0.4 is 5.32 Å². The molecule has 3 nitrogen and oxygen atoms in total. The summed E-state index contributed by atoms with van der Waals surface area (Å²) in [6.45, 7) is 9.18. The number of hydrogen-bond donors (Lipinski definition) is 1. The van der Waals surface area contributed by atoms with Crippen LogP contribution in [0.15, 0.2) is 24.3 Å². The van der Waals surface area contributed by atoms with Crippen LogP contribution >= 0.6 is 0 Å². The van der Waals surface area contributed by atoms with Crippen molar-refractivity contribution in [2.75, 3.05) is 6.61 Å². The molecule has 1 aromatic rings. The SMILES string of the molecule is CC(C)C(=O)N[C@@H]1C(C)(C)[C@@H]2C[C@@H]3[C@@H](c4cccc(F)c4)OCC[C@@]31C2. The van der Waals surface area contributed by atoms with Crippen molar-refractivity contribution in [1.82, 2.24) is 5.32 Å². The van der Waals surface area contributed by atoms with Crippen LogP contribution in [0.5, 0.6) is 0 Å². The summed E-state index contributed by atoms with van der Waals surface area (Å²) in [5.41, 5.74) is 1.09. The molecule has 2 aliphatic carbocycles. The van der Waals surface area contributed by atoms with Gasteiger partial charge in [0.1, 0.15) is 5.82 Å². The molecule has 1 N–H and O–H groups in total. The Morgan fingerprint density at radius 1 is 1.35 bits per heavy atom. The first-order valence-corrected chi connectivity index (χ1v) is 9.93. The number of halogens is 1. The molecule has 2 bridgehead atoms. The van der Waals surface area contributed by atoms with Crippen molar-refractivity contribution in [3.05, 3.63) is 35.6 Å². The second-order valence-electron chi connectivity index (χ2n) is 9.49. The van der Waals surface area contributed by atoms with Gasteiger partial charge in [-0.25, -0.2) is 4.39 Å². The van der Waals surface area contributed by atoms with E-state index in [2.05, 4.69) is 19.2 Å². The summed E-state index contributed by atoms with van der Waals surface area (Å²) < 4.78 is 20.0. The largest absolute Gasteiger partial charge is 0.373 e. The lowest BCUT2D eigenvalue weighted by Crippen LogP contribution is -2.59. The highest BCUT2D eigenvalue weighted by Crippen LogP contribution is 2.70. The number of carbonyl (C=O) groups is 1. The van der Waals surface area contributed by atoms with E-state index in [4.69, 9.17) is 4.74 Å². The molecule has 1 amide bonds. The fourth-order valence-corrected chi connectivity index (χ4v) is 6.11.